The van der Waals surface area contributed by atoms with Crippen LogP contribution in [0.3, 0.4) is 0 Å². The van der Waals surface area contributed by atoms with E-state index in [2.05, 4.69) is 15.9 Å². The predicted molar refractivity (Wildman–Crippen MR) is 77.2 cm³/mol. The van der Waals surface area contributed by atoms with E-state index >= 15 is 0 Å². The van der Waals surface area contributed by atoms with Crippen LogP contribution in [0.4, 0.5) is 0 Å². The summed E-state index contributed by atoms with van der Waals surface area (Å²) in [6, 6.07) is 3.52. The quantitative estimate of drug-likeness (QED) is 0.833. The lowest BCUT2D eigenvalue weighted by Gasteiger charge is -2.17. The van der Waals surface area contributed by atoms with Crippen LogP contribution in [0.5, 0.6) is 11.5 Å². The average molecular weight is 343 g/mol. The third-order valence-corrected chi connectivity index (χ3v) is 3.43. The van der Waals surface area contributed by atoms with Crippen molar-refractivity contribution in [1.29, 1.82) is 0 Å². The van der Waals surface area contributed by atoms with Crippen molar-refractivity contribution in [2.75, 3.05) is 20.3 Å². The number of halogens is 1. The van der Waals surface area contributed by atoms with Crippen LogP contribution in [0.2, 0.25) is 0 Å². The molecule has 1 heterocycles. The van der Waals surface area contributed by atoms with Crippen molar-refractivity contribution < 1.29 is 24.1 Å². The van der Waals surface area contributed by atoms with Gasteiger partial charge in [0.15, 0.2) is 11.5 Å². The molecule has 1 fully saturated rings. The number of carboxylic acid groups (broad SMARTS) is 1. The van der Waals surface area contributed by atoms with Gasteiger partial charge in [-0.1, -0.05) is 0 Å². The first-order valence-electron chi connectivity index (χ1n) is 6.13. The number of hydrogen-bond donors (Lipinski definition) is 1. The molecule has 1 atom stereocenters. The van der Waals surface area contributed by atoms with E-state index in [0.717, 1.165) is 12.5 Å². The van der Waals surface area contributed by atoms with Crippen LogP contribution in [-0.2, 0) is 9.53 Å². The van der Waals surface area contributed by atoms with Crippen LogP contribution in [0.25, 0.3) is 6.08 Å². The minimum atomic E-state index is -0.997. The minimum Gasteiger partial charge on any atom is -0.493 e. The van der Waals surface area contributed by atoms with Gasteiger partial charge >= 0.3 is 5.97 Å². The maximum absolute atomic E-state index is 10.5. The molecule has 1 N–H and O–H groups in total. The summed E-state index contributed by atoms with van der Waals surface area (Å²) in [6.45, 7) is 1.26. The number of carboxylic acids is 1. The van der Waals surface area contributed by atoms with E-state index < -0.39 is 5.97 Å². The molecule has 1 aromatic carbocycles. The Hall–Kier alpha value is -1.53. The zero-order valence-electron chi connectivity index (χ0n) is 11.0. The van der Waals surface area contributed by atoms with E-state index in [1.54, 1.807) is 19.2 Å². The second kappa shape index (κ2) is 6.76. The van der Waals surface area contributed by atoms with Crippen molar-refractivity contribution in [1.82, 2.24) is 0 Å². The number of methoxy groups -OCH3 is 1. The highest BCUT2D eigenvalue weighted by Crippen LogP contribution is 2.38. The van der Waals surface area contributed by atoms with Gasteiger partial charge in [-0.05, 0) is 39.7 Å². The standard InChI is InChI=1S/C14H15BrO5/c1-18-12-7-9(2-3-13(16)17)6-11(15)14(12)20-10-4-5-19-8-10/h2-3,6-7,10H,4-5,8H2,1H3,(H,16,17). The summed E-state index contributed by atoms with van der Waals surface area (Å²) >= 11 is 3.43. The normalized spacial score (nSPS) is 18.4. The Morgan fingerprint density at radius 3 is 2.95 bits per heavy atom. The number of rotatable bonds is 5. The maximum Gasteiger partial charge on any atom is 0.328 e. The van der Waals surface area contributed by atoms with E-state index in [0.29, 0.717) is 34.7 Å². The van der Waals surface area contributed by atoms with Gasteiger partial charge in [-0.25, -0.2) is 4.79 Å². The number of ether oxygens (including phenoxy) is 3. The fourth-order valence-corrected chi connectivity index (χ4v) is 2.44. The molecule has 0 bridgehead atoms. The summed E-state index contributed by atoms with van der Waals surface area (Å²) in [5.41, 5.74) is 0.714. The Labute approximate surface area is 125 Å². The van der Waals surface area contributed by atoms with Crippen LogP contribution in [-0.4, -0.2) is 37.5 Å². The van der Waals surface area contributed by atoms with Crippen LogP contribution in [0, 0.1) is 0 Å². The first kappa shape index (κ1) is 14.9. The molecule has 0 saturated carbocycles. The average Bonchev–Trinajstić information content (AvgIpc) is 2.91. The van der Waals surface area contributed by atoms with Gasteiger partial charge in [0.25, 0.3) is 0 Å². The van der Waals surface area contributed by atoms with Crippen LogP contribution < -0.4 is 9.47 Å². The highest BCUT2D eigenvalue weighted by atomic mass is 79.9. The Morgan fingerprint density at radius 2 is 2.35 bits per heavy atom. The Balaban J connectivity index is 2.25. The Morgan fingerprint density at radius 1 is 1.55 bits per heavy atom. The van der Waals surface area contributed by atoms with Crippen LogP contribution in [0.1, 0.15) is 12.0 Å². The van der Waals surface area contributed by atoms with Gasteiger partial charge in [-0.15, -0.1) is 0 Å². The molecule has 2 rings (SSSR count). The SMILES string of the molecule is COc1cc(C=CC(=O)O)cc(Br)c1OC1CCOC1. The van der Waals surface area contributed by atoms with Gasteiger partial charge in [0, 0.05) is 12.5 Å². The van der Waals surface area contributed by atoms with E-state index in [4.69, 9.17) is 19.3 Å². The Bertz CT molecular complexity index is 521. The number of benzene rings is 1. The second-order valence-electron chi connectivity index (χ2n) is 4.31. The lowest BCUT2D eigenvalue weighted by molar-refractivity contribution is -0.131. The van der Waals surface area contributed by atoms with Gasteiger partial charge in [0.2, 0.25) is 0 Å². The largest absolute Gasteiger partial charge is 0.493 e. The predicted octanol–water partition coefficient (Wildman–Crippen LogP) is 2.72. The second-order valence-corrected chi connectivity index (χ2v) is 5.16. The fourth-order valence-electron chi connectivity index (χ4n) is 1.89. The number of aliphatic carboxylic acids is 1. The first-order chi connectivity index (χ1) is 9.60. The molecule has 1 saturated heterocycles. The third-order valence-electron chi connectivity index (χ3n) is 2.84. The van der Waals surface area contributed by atoms with E-state index in [1.165, 1.54) is 6.08 Å². The van der Waals surface area contributed by atoms with E-state index in [9.17, 15) is 4.79 Å². The molecule has 1 aliphatic rings. The van der Waals surface area contributed by atoms with Gasteiger partial charge in [-0.2, -0.15) is 0 Å². The Kier molecular flexibility index (Phi) is 5.03. The summed E-state index contributed by atoms with van der Waals surface area (Å²) in [6.07, 6.45) is 3.43. The van der Waals surface area contributed by atoms with Crippen LogP contribution in [0.15, 0.2) is 22.7 Å². The molecule has 20 heavy (non-hydrogen) atoms. The molecular formula is C14H15BrO5. The van der Waals surface area contributed by atoms with Gasteiger partial charge < -0.3 is 19.3 Å². The molecule has 1 aliphatic heterocycles. The van der Waals surface area contributed by atoms with Crippen molar-refractivity contribution >= 4 is 28.0 Å². The fraction of sp³-hybridized carbons (Fsp3) is 0.357. The molecule has 108 valence electrons. The number of carbonyl (C=O) groups is 1. The lowest BCUT2D eigenvalue weighted by atomic mass is 10.2. The molecule has 5 nitrogen and oxygen atoms in total. The molecule has 1 aromatic rings. The maximum atomic E-state index is 10.5. The van der Waals surface area contributed by atoms with Crippen molar-refractivity contribution in [3.63, 3.8) is 0 Å². The highest BCUT2D eigenvalue weighted by molar-refractivity contribution is 9.10. The van der Waals surface area contributed by atoms with E-state index in [1.807, 2.05) is 0 Å². The van der Waals surface area contributed by atoms with Crippen molar-refractivity contribution in [3.8, 4) is 11.5 Å². The van der Waals surface area contributed by atoms with Crippen LogP contribution >= 0.6 is 15.9 Å². The molecule has 0 radical (unpaired) electrons. The number of hydrogen-bond acceptors (Lipinski definition) is 4. The molecule has 6 heteroatoms. The monoisotopic (exact) mass is 342 g/mol. The van der Waals surface area contributed by atoms with Gasteiger partial charge in [0.1, 0.15) is 6.10 Å². The summed E-state index contributed by atoms with van der Waals surface area (Å²) in [7, 11) is 1.55. The summed E-state index contributed by atoms with van der Waals surface area (Å²) in [5, 5.41) is 8.65. The smallest absolute Gasteiger partial charge is 0.328 e. The molecule has 0 amide bonds. The van der Waals surface area contributed by atoms with Crippen molar-refractivity contribution in [2.45, 2.75) is 12.5 Å². The lowest BCUT2D eigenvalue weighted by Crippen LogP contribution is -2.16. The highest BCUT2D eigenvalue weighted by Gasteiger charge is 2.21. The summed E-state index contributed by atoms with van der Waals surface area (Å²) in [4.78, 5) is 10.5. The molecular weight excluding hydrogens is 328 g/mol. The minimum absolute atomic E-state index is 0.0145. The van der Waals surface area contributed by atoms with E-state index in [-0.39, 0.29) is 6.10 Å². The topological polar surface area (TPSA) is 65.0 Å². The summed E-state index contributed by atoms with van der Waals surface area (Å²) in [5.74, 6) is 0.162. The van der Waals surface area contributed by atoms with Gasteiger partial charge in [0.05, 0.1) is 24.8 Å². The molecule has 1 unspecified atom stereocenters. The zero-order chi connectivity index (χ0) is 14.5. The molecule has 0 spiro atoms. The first-order valence-corrected chi connectivity index (χ1v) is 6.92. The zero-order valence-corrected chi connectivity index (χ0v) is 12.6. The molecule has 0 aliphatic carbocycles. The van der Waals surface area contributed by atoms with Crippen molar-refractivity contribution in [2.24, 2.45) is 0 Å². The third kappa shape index (κ3) is 3.74. The van der Waals surface area contributed by atoms with Gasteiger partial charge in [-0.3, -0.25) is 0 Å². The summed E-state index contributed by atoms with van der Waals surface area (Å²) < 4.78 is 17.2. The molecule has 0 aromatic heterocycles. The van der Waals surface area contributed by atoms with Crippen molar-refractivity contribution in [3.05, 3.63) is 28.2 Å².